The van der Waals surface area contributed by atoms with Crippen LogP contribution in [0.1, 0.15) is 51.1 Å². The molecule has 31 heavy (non-hydrogen) atoms. The van der Waals surface area contributed by atoms with Gasteiger partial charge in [-0.05, 0) is 69.5 Å². The van der Waals surface area contributed by atoms with Crippen molar-refractivity contribution in [1.82, 2.24) is 5.32 Å². The van der Waals surface area contributed by atoms with E-state index < -0.39 is 10.0 Å². The van der Waals surface area contributed by atoms with Crippen LogP contribution in [0.25, 0.3) is 0 Å². The molecule has 1 atom stereocenters. The Morgan fingerprint density at radius 2 is 1.45 bits per heavy atom. The summed E-state index contributed by atoms with van der Waals surface area (Å²) in [4.78, 5) is 12.9. The summed E-state index contributed by atoms with van der Waals surface area (Å²) in [6.45, 7) is 9.43. The average molecular weight is 437 g/mol. The summed E-state index contributed by atoms with van der Waals surface area (Å²) in [5.74, 6) is -0.323. The second kappa shape index (κ2) is 8.94. The first kappa shape index (κ1) is 22.6. The molecule has 2 N–H and O–H groups in total. The topological polar surface area (TPSA) is 75.3 Å². The number of sulfonamides is 1. The number of benzene rings is 3. The van der Waals surface area contributed by atoms with Crippen LogP contribution in [0.4, 0.5) is 5.69 Å². The minimum absolute atomic E-state index is 0.0862. The van der Waals surface area contributed by atoms with Gasteiger partial charge < -0.3 is 5.32 Å². The molecular formula is C25H28N2O3S. The van der Waals surface area contributed by atoms with E-state index in [4.69, 9.17) is 0 Å². The summed E-state index contributed by atoms with van der Waals surface area (Å²) < 4.78 is 28.8. The molecule has 0 heterocycles. The molecule has 0 aliphatic rings. The predicted molar refractivity (Wildman–Crippen MR) is 125 cm³/mol. The van der Waals surface area contributed by atoms with E-state index in [1.54, 1.807) is 25.1 Å². The Bertz CT molecular complexity index is 1220. The zero-order valence-electron chi connectivity index (χ0n) is 18.5. The van der Waals surface area contributed by atoms with E-state index in [0.717, 1.165) is 22.3 Å². The molecule has 0 radical (unpaired) electrons. The maximum Gasteiger partial charge on any atom is 0.262 e. The number of rotatable bonds is 6. The van der Waals surface area contributed by atoms with Gasteiger partial charge in [0.2, 0.25) is 0 Å². The number of carbonyl (C=O) groups excluding carboxylic acids is 1. The lowest BCUT2D eigenvalue weighted by molar-refractivity contribution is 0.0939. The van der Waals surface area contributed by atoms with Gasteiger partial charge in [-0.1, -0.05) is 53.6 Å². The number of hydrogen-bond acceptors (Lipinski definition) is 3. The predicted octanol–water partition coefficient (Wildman–Crippen LogP) is 5.21. The van der Waals surface area contributed by atoms with Crippen LogP contribution < -0.4 is 10.0 Å². The molecule has 162 valence electrons. The third-order valence-corrected chi connectivity index (χ3v) is 6.80. The van der Waals surface area contributed by atoms with Crippen LogP contribution in [0, 0.1) is 27.7 Å². The lowest BCUT2D eigenvalue weighted by Crippen LogP contribution is -2.27. The Balaban J connectivity index is 1.84. The standard InChI is InChI=1S/C25H28N2O3S/c1-16-6-10-21(11-7-16)20(5)26-25(28)22-12-9-18(3)24(15-22)31(29,30)27-23-13-8-17(2)14-19(23)4/h6-15,20,27H,1-5H3,(H,26,28)/t20-/m1/s1. The van der Waals surface area contributed by atoms with Crippen molar-refractivity contribution in [2.24, 2.45) is 0 Å². The summed E-state index contributed by atoms with van der Waals surface area (Å²) in [7, 11) is -3.85. The third kappa shape index (κ3) is 5.33. The average Bonchev–Trinajstić information content (AvgIpc) is 2.70. The normalized spacial score (nSPS) is 12.3. The molecule has 0 saturated carbocycles. The van der Waals surface area contributed by atoms with Crippen molar-refractivity contribution >= 4 is 21.6 Å². The zero-order valence-corrected chi connectivity index (χ0v) is 19.3. The van der Waals surface area contributed by atoms with Gasteiger partial charge in [0.25, 0.3) is 15.9 Å². The summed E-state index contributed by atoms with van der Waals surface area (Å²) in [6.07, 6.45) is 0. The Labute approximate surface area is 184 Å². The van der Waals surface area contributed by atoms with Crippen LogP contribution >= 0.6 is 0 Å². The van der Waals surface area contributed by atoms with Gasteiger partial charge in [0.05, 0.1) is 16.6 Å². The first-order valence-electron chi connectivity index (χ1n) is 10.1. The summed E-state index contributed by atoms with van der Waals surface area (Å²) in [6, 6.07) is 18.0. The SMILES string of the molecule is Cc1ccc([C@@H](C)NC(=O)c2ccc(C)c(S(=O)(=O)Nc3ccc(C)cc3C)c2)cc1. The van der Waals surface area contributed by atoms with Gasteiger partial charge in [-0.2, -0.15) is 0 Å². The van der Waals surface area contributed by atoms with Crippen molar-refractivity contribution in [2.45, 2.75) is 45.6 Å². The molecule has 3 aromatic rings. The van der Waals surface area contributed by atoms with Crippen LogP contribution in [0.5, 0.6) is 0 Å². The van der Waals surface area contributed by atoms with Gasteiger partial charge in [0.15, 0.2) is 0 Å². The number of anilines is 1. The van der Waals surface area contributed by atoms with Gasteiger partial charge in [0, 0.05) is 5.56 Å². The molecule has 0 spiro atoms. The minimum atomic E-state index is -3.85. The van der Waals surface area contributed by atoms with Gasteiger partial charge in [-0.3, -0.25) is 9.52 Å². The Hall–Kier alpha value is -3.12. The number of carbonyl (C=O) groups is 1. The number of amides is 1. The lowest BCUT2D eigenvalue weighted by atomic mass is 10.1. The molecule has 0 bridgehead atoms. The maximum atomic E-state index is 13.1. The van der Waals surface area contributed by atoms with E-state index in [0.29, 0.717) is 16.8 Å². The summed E-state index contributed by atoms with van der Waals surface area (Å²) in [5.41, 5.74) is 5.40. The fourth-order valence-electron chi connectivity index (χ4n) is 3.38. The van der Waals surface area contributed by atoms with Crippen molar-refractivity contribution in [1.29, 1.82) is 0 Å². The van der Waals surface area contributed by atoms with Gasteiger partial charge in [-0.25, -0.2) is 8.42 Å². The van der Waals surface area contributed by atoms with E-state index in [-0.39, 0.29) is 16.8 Å². The lowest BCUT2D eigenvalue weighted by Gasteiger charge is -2.16. The molecule has 1 amide bonds. The monoisotopic (exact) mass is 436 g/mol. The fraction of sp³-hybridized carbons (Fsp3) is 0.240. The highest BCUT2D eigenvalue weighted by atomic mass is 32.2. The second-order valence-electron chi connectivity index (χ2n) is 8.01. The van der Waals surface area contributed by atoms with Gasteiger partial charge in [-0.15, -0.1) is 0 Å². The number of aryl methyl sites for hydroxylation is 4. The molecule has 3 rings (SSSR count). The minimum Gasteiger partial charge on any atom is -0.346 e. The van der Waals surface area contributed by atoms with E-state index in [1.165, 1.54) is 6.07 Å². The third-order valence-electron chi connectivity index (χ3n) is 5.29. The van der Waals surface area contributed by atoms with E-state index in [2.05, 4.69) is 10.0 Å². The first-order valence-corrected chi connectivity index (χ1v) is 11.6. The van der Waals surface area contributed by atoms with Crippen molar-refractivity contribution in [3.05, 3.63) is 94.0 Å². The highest BCUT2D eigenvalue weighted by Crippen LogP contribution is 2.24. The Morgan fingerprint density at radius 3 is 2.10 bits per heavy atom. The first-order chi connectivity index (χ1) is 14.6. The van der Waals surface area contributed by atoms with E-state index in [1.807, 2.05) is 64.1 Å². The molecule has 6 heteroatoms. The molecule has 0 saturated heterocycles. The largest absolute Gasteiger partial charge is 0.346 e. The molecule has 0 aromatic heterocycles. The molecule has 3 aromatic carbocycles. The quantitative estimate of drug-likeness (QED) is 0.557. The maximum absolute atomic E-state index is 13.1. The van der Waals surface area contributed by atoms with Crippen molar-refractivity contribution in [3.8, 4) is 0 Å². The number of hydrogen-bond donors (Lipinski definition) is 2. The smallest absolute Gasteiger partial charge is 0.262 e. The Morgan fingerprint density at radius 1 is 0.806 bits per heavy atom. The summed E-state index contributed by atoms with van der Waals surface area (Å²) in [5, 5.41) is 2.94. The van der Waals surface area contributed by atoms with Crippen LogP contribution in [0.3, 0.4) is 0 Å². The molecule has 0 unspecified atom stereocenters. The van der Waals surface area contributed by atoms with E-state index in [9.17, 15) is 13.2 Å². The second-order valence-corrected chi connectivity index (χ2v) is 9.66. The highest BCUT2D eigenvalue weighted by molar-refractivity contribution is 7.92. The van der Waals surface area contributed by atoms with E-state index >= 15 is 0 Å². The number of nitrogens with one attached hydrogen (secondary N) is 2. The van der Waals surface area contributed by atoms with Gasteiger partial charge >= 0.3 is 0 Å². The molecule has 0 fully saturated rings. The van der Waals surface area contributed by atoms with Crippen molar-refractivity contribution in [3.63, 3.8) is 0 Å². The fourth-order valence-corrected chi connectivity index (χ4v) is 4.78. The molecule has 0 aliphatic carbocycles. The Kier molecular flexibility index (Phi) is 6.51. The molecular weight excluding hydrogens is 408 g/mol. The summed E-state index contributed by atoms with van der Waals surface area (Å²) >= 11 is 0. The highest BCUT2D eigenvalue weighted by Gasteiger charge is 2.21. The van der Waals surface area contributed by atoms with Crippen LogP contribution in [-0.2, 0) is 10.0 Å². The zero-order chi connectivity index (χ0) is 22.8. The van der Waals surface area contributed by atoms with Crippen LogP contribution in [0.15, 0.2) is 65.6 Å². The molecule has 0 aliphatic heterocycles. The molecule has 5 nitrogen and oxygen atoms in total. The van der Waals surface area contributed by atoms with Crippen molar-refractivity contribution < 1.29 is 13.2 Å². The van der Waals surface area contributed by atoms with Crippen molar-refractivity contribution in [2.75, 3.05) is 4.72 Å². The van der Waals surface area contributed by atoms with Crippen LogP contribution in [-0.4, -0.2) is 14.3 Å². The van der Waals surface area contributed by atoms with Gasteiger partial charge in [0.1, 0.15) is 0 Å². The van der Waals surface area contributed by atoms with Crippen LogP contribution in [0.2, 0.25) is 0 Å².